The molecule has 1 aliphatic heterocycles. The van der Waals surface area contributed by atoms with Gasteiger partial charge in [-0.05, 0) is 87.1 Å². The number of ketones is 1. The Morgan fingerprint density at radius 3 is 2.45 bits per heavy atom. The van der Waals surface area contributed by atoms with Crippen molar-refractivity contribution >= 4 is 28.8 Å². The topological polar surface area (TPSA) is 70.1 Å². The average molecular weight is 471 g/mol. The summed E-state index contributed by atoms with van der Waals surface area (Å²) in [6.45, 7) is 9.20. The summed E-state index contributed by atoms with van der Waals surface area (Å²) in [6.07, 6.45) is 0.736. The smallest absolute Gasteiger partial charge is 0.295 e. The predicted octanol–water partition coefficient (Wildman–Crippen LogP) is 4.87. The number of Topliss-reactive ketones (excluding diaryl/α,β-unsaturated/α-hetero) is 1. The number of nitrogens with zero attached hydrogens (tertiary/aromatic N) is 2. The molecule has 1 atom stereocenters. The van der Waals surface area contributed by atoms with Gasteiger partial charge in [0.2, 0.25) is 0 Å². The first-order valence-electron chi connectivity index (χ1n) is 11.2. The van der Waals surface area contributed by atoms with Crippen molar-refractivity contribution in [1.82, 2.24) is 9.80 Å². The van der Waals surface area contributed by atoms with Crippen LogP contribution in [0, 0.1) is 13.8 Å². The van der Waals surface area contributed by atoms with Gasteiger partial charge in [0.05, 0.1) is 18.7 Å². The van der Waals surface area contributed by atoms with Crippen molar-refractivity contribution in [2.24, 2.45) is 0 Å². The van der Waals surface area contributed by atoms with Crippen molar-refractivity contribution in [3.63, 3.8) is 0 Å². The molecule has 6 nitrogen and oxygen atoms in total. The number of ether oxygens (including phenoxy) is 1. The van der Waals surface area contributed by atoms with Crippen LogP contribution in [0.3, 0.4) is 0 Å². The first-order chi connectivity index (χ1) is 15.6. The summed E-state index contributed by atoms with van der Waals surface area (Å²) < 4.78 is 5.53. The SMILES string of the molecule is COc1cc(C)c(/C(O)=C2\C(=O)C(=O)N(CCCN(C)C)C2c2sccc2C)cc1C(C)C. The number of benzene rings is 1. The van der Waals surface area contributed by atoms with Crippen LogP contribution in [0.1, 0.15) is 59.4 Å². The molecule has 178 valence electrons. The molecule has 3 rings (SSSR count). The summed E-state index contributed by atoms with van der Waals surface area (Å²) in [4.78, 5) is 31.0. The van der Waals surface area contributed by atoms with Crippen LogP contribution >= 0.6 is 11.3 Å². The molecule has 7 heteroatoms. The van der Waals surface area contributed by atoms with Crippen LogP contribution in [-0.4, -0.2) is 60.9 Å². The molecule has 0 aliphatic carbocycles. The number of thiophene rings is 1. The lowest BCUT2D eigenvalue weighted by molar-refractivity contribution is -0.139. The van der Waals surface area contributed by atoms with Gasteiger partial charge in [0.1, 0.15) is 11.5 Å². The number of aryl methyl sites for hydroxylation is 2. The fraction of sp³-hybridized carbons (Fsp3) is 0.462. The molecule has 1 fully saturated rings. The van der Waals surface area contributed by atoms with Crippen LogP contribution in [0.25, 0.3) is 5.76 Å². The zero-order valence-electron chi connectivity index (χ0n) is 20.6. The number of carbonyl (C=O) groups excluding carboxylic acids is 2. The van der Waals surface area contributed by atoms with Gasteiger partial charge in [-0.25, -0.2) is 0 Å². The first-order valence-corrected chi connectivity index (χ1v) is 12.1. The van der Waals surface area contributed by atoms with Crippen molar-refractivity contribution in [1.29, 1.82) is 0 Å². The molecule has 1 amide bonds. The van der Waals surface area contributed by atoms with Crippen molar-refractivity contribution in [2.75, 3.05) is 34.3 Å². The Labute approximate surface area is 200 Å². The van der Waals surface area contributed by atoms with E-state index in [4.69, 9.17) is 4.74 Å². The molecule has 1 aliphatic rings. The molecule has 1 saturated heterocycles. The largest absolute Gasteiger partial charge is 0.507 e. The van der Waals surface area contributed by atoms with Gasteiger partial charge in [0.25, 0.3) is 11.7 Å². The number of hydrogen-bond donors (Lipinski definition) is 1. The minimum Gasteiger partial charge on any atom is -0.507 e. The monoisotopic (exact) mass is 470 g/mol. The zero-order valence-corrected chi connectivity index (χ0v) is 21.4. The quantitative estimate of drug-likeness (QED) is 0.339. The van der Waals surface area contributed by atoms with Crippen LogP contribution in [0.5, 0.6) is 5.75 Å². The molecular weight excluding hydrogens is 436 g/mol. The van der Waals surface area contributed by atoms with Crippen LogP contribution < -0.4 is 4.74 Å². The molecule has 1 N–H and O–H groups in total. The molecule has 0 radical (unpaired) electrons. The van der Waals surface area contributed by atoms with E-state index in [2.05, 4.69) is 18.7 Å². The molecule has 0 saturated carbocycles. The Balaban J connectivity index is 2.18. The van der Waals surface area contributed by atoms with Crippen LogP contribution in [0.15, 0.2) is 29.2 Å². The highest BCUT2D eigenvalue weighted by molar-refractivity contribution is 7.10. The summed E-state index contributed by atoms with van der Waals surface area (Å²) in [5.74, 6) is -0.396. The van der Waals surface area contributed by atoms with Crippen LogP contribution in [0.2, 0.25) is 0 Å². The molecule has 2 aromatic rings. The number of carbonyl (C=O) groups is 2. The van der Waals surface area contributed by atoms with E-state index in [-0.39, 0.29) is 17.3 Å². The van der Waals surface area contributed by atoms with E-state index in [1.165, 1.54) is 11.3 Å². The summed E-state index contributed by atoms with van der Waals surface area (Å²) in [7, 11) is 5.58. The summed E-state index contributed by atoms with van der Waals surface area (Å²) in [5.41, 5.74) is 3.45. The maximum atomic E-state index is 13.3. The number of hydrogen-bond acceptors (Lipinski definition) is 6. The van der Waals surface area contributed by atoms with Gasteiger partial charge in [-0.2, -0.15) is 0 Å². The van der Waals surface area contributed by atoms with E-state index in [1.807, 2.05) is 51.5 Å². The lowest BCUT2D eigenvalue weighted by Crippen LogP contribution is -2.32. The highest BCUT2D eigenvalue weighted by Crippen LogP contribution is 2.43. The highest BCUT2D eigenvalue weighted by Gasteiger charge is 2.47. The van der Waals surface area contributed by atoms with E-state index < -0.39 is 17.7 Å². The summed E-state index contributed by atoms with van der Waals surface area (Å²) >= 11 is 1.51. The maximum absolute atomic E-state index is 13.3. The van der Waals surface area contributed by atoms with Crippen molar-refractivity contribution in [3.8, 4) is 5.75 Å². The molecule has 1 unspecified atom stereocenters. The summed E-state index contributed by atoms with van der Waals surface area (Å²) in [6, 6.07) is 5.15. The first kappa shape index (κ1) is 25.0. The molecular formula is C26H34N2O4S. The van der Waals surface area contributed by atoms with E-state index in [9.17, 15) is 14.7 Å². The van der Waals surface area contributed by atoms with Crippen LogP contribution in [-0.2, 0) is 9.59 Å². The number of rotatable bonds is 8. The Morgan fingerprint density at radius 2 is 1.91 bits per heavy atom. The Bertz CT molecular complexity index is 1080. The Kier molecular flexibility index (Phi) is 7.65. The van der Waals surface area contributed by atoms with Gasteiger partial charge in [0, 0.05) is 17.0 Å². The lowest BCUT2D eigenvalue weighted by atomic mass is 9.92. The second kappa shape index (κ2) is 10.1. The Morgan fingerprint density at radius 1 is 1.21 bits per heavy atom. The summed E-state index contributed by atoms with van der Waals surface area (Å²) in [5, 5.41) is 13.4. The van der Waals surface area contributed by atoms with Crippen molar-refractivity contribution in [3.05, 3.63) is 56.3 Å². The molecule has 1 aromatic heterocycles. The Hall–Kier alpha value is -2.64. The molecule has 2 heterocycles. The third-order valence-electron chi connectivity index (χ3n) is 6.15. The minimum atomic E-state index is -0.628. The minimum absolute atomic E-state index is 0.122. The van der Waals surface area contributed by atoms with Crippen LogP contribution in [0.4, 0.5) is 0 Å². The fourth-order valence-corrected chi connectivity index (χ4v) is 5.38. The predicted molar refractivity (Wildman–Crippen MR) is 133 cm³/mol. The van der Waals surface area contributed by atoms with Gasteiger partial charge in [0.15, 0.2) is 0 Å². The van der Waals surface area contributed by atoms with Crippen molar-refractivity contribution < 1.29 is 19.4 Å². The number of aliphatic hydroxyl groups is 1. The highest BCUT2D eigenvalue weighted by atomic mass is 32.1. The standard InChI is InChI=1S/C26H34N2O4S/c1-15(2)18-14-19(17(4)13-20(18)32-7)23(29)21-22(25-16(3)9-12-33-25)28(26(31)24(21)30)11-8-10-27(5)6/h9,12-15,22,29H,8,10-11H2,1-7H3/b23-21+. The van der Waals surface area contributed by atoms with Gasteiger partial charge < -0.3 is 19.6 Å². The molecule has 33 heavy (non-hydrogen) atoms. The average Bonchev–Trinajstić information content (AvgIpc) is 3.28. The maximum Gasteiger partial charge on any atom is 0.295 e. The fourth-order valence-electron chi connectivity index (χ4n) is 4.33. The number of aliphatic hydroxyl groups excluding tert-OH is 1. The van der Waals surface area contributed by atoms with Gasteiger partial charge >= 0.3 is 0 Å². The third kappa shape index (κ3) is 4.84. The van der Waals surface area contributed by atoms with E-state index in [1.54, 1.807) is 12.0 Å². The zero-order chi connectivity index (χ0) is 24.4. The van der Waals surface area contributed by atoms with Crippen molar-refractivity contribution in [2.45, 2.75) is 46.1 Å². The third-order valence-corrected chi connectivity index (χ3v) is 7.22. The van der Waals surface area contributed by atoms with Gasteiger partial charge in [-0.1, -0.05) is 13.8 Å². The lowest BCUT2D eigenvalue weighted by Gasteiger charge is -2.25. The van der Waals surface area contributed by atoms with Gasteiger partial charge in [-0.3, -0.25) is 9.59 Å². The molecule has 0 spiro atoms. The van der Waals surface area contributed by atoms with E-state index in [0.29, 0.717) is 12.1 Å². The number of amides is 1. The molecule has 1 aromatic carbocycles. The molecule has 0 bridgehead atoms. The number of likely N-dealkylation sites (tertiary alicyclic amines) is 1. The van der Waals surface area contributed by atoms with E-state index in [0.717, 1.165) is 40.3 Å². The van der Waals surface area contributed by atoms with E-state index >= 15 is 0 Å². The second-order valence-electron chi connectivity index (χ2n) is 9.18. The second-order valence-corrected chi connectivity index (χ2v) is 10.1. The van der Waals surface area contributed by atoms with Gasteiger partial charge in [-0.15, -0.1) is 11.3 Å². The normalized spacial score (nSPS) is 18.1. The number of methoxy groups -OCH3 is 1.